The number of nitrogens with one attached hydrogen (secondary N) is 2. The average molecular weight is 428 g/mol. The van der Waals surface area contributed by atoms with Crippen molar-refractivity contribution in [3.8, 4) is 11.5 Å². The van der Waals surface area contributed by atoms with E-state index >= 15 is 0 Å². The van der Waals surface area contributed by atoms with Crippen molar-refractivity contribution in [1.82, 2.24) is 20.2 Å². The number of hydrogen-bond donors (Lipinski definition) is 2. The third-order valence-corrected chi connectivity index (χ3v) is 5.17. The van der Waals surface area contributed by atoms with E-state index in [2.05, 4.69) is 21.0 Å². The highest BCUT2D eigenvalue weighted by Crippen LogP contribution is 2.20. The Labute approximate surface area is 179 Å². The lowest BCUT2D eigenvalue weighted by Crippen LogP contribution is -2.21. The van der Waals surface area contributed by atoms with E-state index in [1.807, 2.05) is 60.9 Å². The molecule has 0 atom stereocenters. The van der Waals surface area contributed by atoms with E-state index in [1.54, 1.807) is 13.2 Å². The number of aromatic nitrogens is 3. The number of carbonyl (C=O) groups is 1. The molecule has 0 saturated heterocycles. The van der Waals surface area contributed by atoms with E-state index in [4.69, 9.17) is 9.57 Å². The molecule has 158 valence electrons. The molecule has 1 aromatic heterocycles. The molecule has 2 N–H and O–H groups in total. The summed E-state index contributed by atoms with van der Waals surface area (Å²) in [5.41, 5.74) is 4.73. The molecule has 0 spiro atoms. The SMILES string of the molecule is CCn1c(CNOc2cccc(C)c2)nnc1SCC(=O)Nc1cccc(OC)c1. The number of benzene rings is 2. The first-order chi connectivity index (χ1) is 14.6. The van der Waals surface area contributed by atoms with Crippen LogP contribution in [0, 0.1) is 6.92 Å². The number of nitrogens with zero attached hydrogens (tertiary/aromatic N) is 3. The zero-order valence-electron chi connectivity index (χ0n) is 17.2. The predicted molar refractivity (Wildman–Crippen MR) is 117 cm³/mol. The number of methoxy groups -OCH3 is 1. The fourth-order valence-electron chi connectivity index (χ4n) is 2.77. The summed E-state index contributed by atoms with van der Waals surface area (Å²) in [4.78, 5) is 17.9. The van der Waals surface area contributed by atoms with Gasteiger partial charge in [0.15, 0.2) is 11.0 Å². The highest BCUT2D eigenvalue weighted by Gasteiger charge is 2.13. The molecule has 0 aliphatic heterocycles. The number of anilines is 1. The van der Waals surface area contributed by atoms with E-state index in [0.717, 1.165) is 17.1 Å². The summed E-state index contributed by atoms with van der Waals surface area (Å²) in [5, 5.41) is 12.0. The summed E-state index contributed by atoms with van der Waals surface area (Å²) >= 11 is 1.34. The molecule has 1 heterocycles. The third kappa shape index (κ3) is 5.98. The molecule has 0 saturated carbocycles. The lowest BCUT2D eigenvalue weighted by Gasteiger charge is -2.10. The maximum absolute atomic E-state index is 12.3. The molecule has 0 radical (unpaired) electrons. The van der Waals surface area contributed by atoms with Crippen LogP contribution in [0.4, 0.5) is 5.69 Å². The lowest BCUT2D eigenvalue weighted by molar-refractivity contribution is -0.113. The van der Waals surface area contributed by atoms with Crippen molar-refractivity contribution in [1.29, 1.82) is 0 Å². The second-order valence-corrected chi connectivity index (χ2v) is 7.39. The van der Waals surface area contributed by atoms with Gasteiger partial charge < -0.3 is 19.5 Å². The molecular formula is C21H25N5O3S. The van der Waals surface area contributed by atoms with Gasteiger partial charge in [-0.2, -0.15) is 0 Å². The fraction of sp³-hybridized carbons (Fsp3) is 0.286. The fourth-order valence-corrected chi connectivity index (χ4v) is 3.59. The minimum Gasteiger partial charge on any atom is -0.497 e. The monoisotopic (exact) mass is 427 g/mol. The van der Waals surface area contributed by atoms with E-state index < -0.39 is 0 Å². The van der Waals surface area contributed by atoms with E-state index in [-0.39, 0.29) is 11.7 Å². The van der Waals surface area contributed by atoms with Crippen molar-refractivity contribution in [2.24, 2.45) is 0 Å². The van der Waals surface area contributed by atoms with Gasteiger partial charge in [0.05, 0.1) is 19.4 Å². The average Bonchev–Trinajstić information content (AvgIpc) is 3.14. The number of aryl methyl sites for hydroxylation is 1. The van der Waals surface area contributed by atoms with Gasteiger partial charge in [-0.1, -0.05) is 30.0 Å². The molecule has 8 nitrogen and oxygen atoms in total. The van der Waals surface area contributed by atoms with Crippen LogP contribution in [0.2, 0.25) is 0 Å². The lowest BCUT2D eigenvalue weighted by atomic mass is 10.2. The van der Waals surface area contributed by atoms with Crippen LogP contribution in [0.25, 0.3) is 0 Å². The third-order valence-electron chi connectivity index (χ3n) is 4.21. The molecule has 9 heteroatoms. The maximum atomic E-state index is 12.3. The van der Waals surface area contributed by atoms with Crippen LogP contribution in [0.3, 0.4) is 0 Å². The summed E-state index contributed by atoms with van der Waals surface area (Å²) < 4.78 is 7.13. The first-order valence-corrected chi connectivity index (χ1v) is 10.5. The number of hydrogen-bond acceptors (Lipinski definition) is 7. The molecule has 1 amide bonds. The topological polar surface area (TPSA) is 90.3 Å². The predicted octanol–water partition coefficient (Wildman–Crippen LogP) is 3.43. The van der Waals surface area contributed by atoms with Gasteiger partial charge in [-0.25, -0.2) is 0 Å². The first-order valence-electron chi connectivity index (χ1n) is 9.54. The minimum atomic E-state index is -0.124. The normalized spacial score (nSPS) is 10.6. The van der Waals surface area contributed by atoms with Gasteiger partial charge >= 0.3 is 0 Å². The standard InChI is InChI=1S/C21H25N5O3S/c1-4-26-19(13-22-29-18-10-5-7-15(2)11-18)24-25-21(26)30-14-20(27)23-16-8-6-9-17(12-16)28-3/h5-12,22H,4,13-14H2,1-3H3,(H,23,27). The smallest absolute Gasteiger partial charge is 0.234 e. The van der Waals surface area contributed by atoms with Gasteiger partial charge in [-0.05, 0) is 43.7 Å². The maximum Gasteiger partial charge on any atom is 0.234 e. The Morgan fingerprint density at radius 3 is 2.70 bits per heavy atom. The quantitative estimate of drug-likeness (QED) is 0.378. The minimum absolute atomic E-state index is 0.124. The van der Waals surface area contributed by atoms with Gasteiger partial charge in [0.1, 0.15) is 11.5 Å². The highest BCUT2D eigenvalue weighted by atomic mass is 32.2. The molecule has 0 bridgehead atoms. The van der Waals surface area contributed by atoms with Crippen molar-refractivity contribution >= 4 is 23.4 Å². The molecule has 3 rings (SSSR count). The highest BCUT2D eigenvalue weighted by molar-refractivity contribution is 7.99. The number of thioether (sulfide) groups is 1. The number of rotatable bonds is 10. The van der Waals surface area contributed by atoms with Crippen LogP contribution in [-0.2, 0) is 17.9 Å². The van der Waals surface area contributed by atoms with Gasteiger partial charge in [-0.3, -0.25) is 4.79 Å². The molecule has 2 aromatic carbocycles. The molecular weight excluding hydrogens is 402 g/mol. The van der Waals surface area contributed by atoms with E-state index in [0.29, 0.717) is 29.7 Å². The summed E-state index contributed by atoms with van der Waals surface area (Å²) in [7, 11) is 1.59. The Hall–Kier alpha value is -3.04. The zero-order chi connectivity index (χ0) is 21.3. The second kappa shape index (κ2) is 10.7. The van der Waals surface area contributed by atoms with Gasteiger partial charge in [0, 0.05) is 18.3 Å². The van der Waals surface area contributed by atoms with Crippen LogP contribution in [-0.4, -0.2) is 33.5 Å². The van der Waals surface area contributed by atoms with Crippen molar-refractivity contribution in [3.05, 3.63) is 59.9 Å². The zero-order valence-corrected chi connectivity index (χ0v) is 18.0. The van der Waals surface area contributed by atoms with Gasteiger partial charge in [0.25, 0.3) is 0 Å². The van der Waals surface area contributed by atoms with Crippen LogP contribution in [0.1, 0.15) is 18.3 Å². The Morgan fingerprint density at radius 2 is 1.93 bits per heavy atom. The molecule has 30 heavy (non-hydrogen) atoms. The van der Waals surface area contributed by atoms with Crippen molar-refractivity contribution < 1.29 is 14.4 Å². The Balaban J connectivity index is 1.52. The Bertz CT molecular complexity index is 992. The van der Waals surface area contributed by atoms with Gasteiger partial charge in [0.2, 0.25) is 5.91 Å². The number of amides is 1. The number of hydroxylamine groups is 1. The summed E-state index contributed by atoms with van der Waals surface area (Å²) in [6, 6.07) is 15.0. The Morgan fingerprint density at radius 1 is 1.13 bits per heavy atom. The molecule has 0 aliphatic rings. The van der Waals surface area contributed by atoms with Crippen LogP contribution in [0.5, 0.6) is 11.5 Å². The molecule has 0 aliphatic carbocycles. The number of carbonyl (C=O) groups excluding carboxylic acids is 1. The molecule has 3 aromatic rings. The first kappa shape index (κ1) is 21.7. The second-order valence-electron chi connectivity index (χ2n) is 6.45. The van der Waals surface area contributed by atoms with Crippen LogP contribution >= 0.6 is 11.8 Å². The Kier molecular flexibility index (Phi) is 7.69. The number of ether oxygens (including phenoxy) is 1. The van der Waals surface area contributed by atoms with Gasteiger partial charge in [-0.15, -0.1) is 15.7 Å². The van der Waals surface area contributed by atoms with Crippen molar-refractivity contribution in [3.63, 3.8) is 0 Å². The summed E-state index contributed by atoms with van der Waals surface area (Å²) in [6.07, 6.45) is 0. The largest absolute Gasteiger partial charge is 0.497 e. The molecule has 0 unspecified atom stereocenters. The van der Waals surface area contributed by atoms with Crippen LogP contribution in [0.15, 0.2) is 53.7 Å². The molecule has 0 fully saturated rings. The van der Waals surface area contributed by atoms with Crippen molar-refractivity contribution in [2.45, 2.75) is 32.1 Å². The summed E-state index contributed by atoms with van der Waals surface area (Å²) in [6.45, 7) is 5.10. The summed E-state index contributed by atoms with van der Waals surface area (Å²) in [5.74, 6) is 2.27. The van der Waals surface area contributed by atoms with E-state index in [1.165, 1.54) is 11.8 Å². The van der Waals surface area contributed by atoms with Crippen molar-refractivity contribution in [2.75, 3.05) is 18.2 Å². The van der Waals surface area contributed by atoms with E-state index in [9.17, 15) is 4.79 Å². The van der Waals surface area contributed by atoms with Crippen LogP contribution < -0.4 is 20.4 Å².